The molecule has 0 bridgehead atoms. The van der Waals surface area contributed by atoms with Gasteiger partial charge in [0.1, 0.15) is 11.1 Å². The summed E-state index contributed by atoms with van der Waals surface area (Å²) < 4.78 is 15.3. The number of amides is 1. The monoisotopic (exact) mass is 356 g/mol. The van der Waals surface area contributed by atoms with E-state index in [9.17, 15) is 9.59 Å². The highest BCUT2D eigenvalue weighted by Gasteiger charge is 2.13. The number of ether oxygens (including phenoxy) is 3. The zero-order chi connectivity index (χ0) is 17.6. The van der Waals surface area contributed by atoms with E-state index < -0.39 is 18.5 Å². The molecule has 1 aliphatic rings. The Kier molecular flexibility index (Phi) is 4.97. The normalized spacial score (nSPS) is 12.0. The molecule has 1 amide bonds. The van der Waals surface area contributed by atoms with Gasteiger partial charge in [0.15, 0.2) is 18.1 Å². The Balaban J connectivity index is 1.49. The third-order valence-corrected chi connectivity index (χ3v) is 4.02. The fraction of sp³-hybridized carbons (Fsp3) is 0.118. The molecule has 0 aliphatic carbocycles. The van der Waals surface area contributed by atoms with Crippen molar-refractivity contribution < 1.29 is 23.8 Å². The first kappa shape index (κ1) is 16.5. The van der Waals surface area contributed by atoms with E-state index in [-0.39, 0.29) is 6.79 Å². The Hall–Kier alpha value is -3.31. The third-order valence-electron chi connectivity index (χ3n) is 3.19. The van der Waals surface area contributed by atoms with Crippen LogP contribution in [0.3, 0.4) is 0 Å². The van der Waals surface area contributed by atoms with E-state index in [1.54, 1.807) is 35.7 Å². The van der Waals surface area contributed by atoms with Crippen LogP contribution in [0.4, 0.5) is 5.00 Å². The first-order valence-corrected chi connectivity index (χ1v) is 8.05. The van der Waals surface area contributed by atoms with Crippen molar-refractivity contribution in [3.8, 4) is 17.6 Å². The van der Waals surface area contributed by atoms with Crippen LogP contribution in [0.25, 0.3) is 6.08 Å². The van der Waals surface area contributed by atoms with Crippen molar-refractivity contribution in [3.63, 3.8) is 0 Å². The minimum absolute atomic E-state index is 0.178. The van der Waals surface area contributed by atoms with Gasteiger partial charge in [-0.1, -0.05) is 6.07 Å². The van der Waals surface area contributed by atoms with Crippen molar-refractivity contribution in [2.75, 3.05) is 18.7 Å². The van der Waals surface area contributed by atoms with Crippen LogP contribution in [0.5, 0.6) is 11.5 Å². The van der Waals surface area contributed by atoms with Gasteiger partial charge < -0.3 is 19.5 Å². The second-order valence-corrected chi connectivity index (χ2v) is 5.79. The number of hydrogen-bond acceptors (Lipinski definition) is 7. The minimum Gasteiger partial charge on any atom is -0.454 e. The number of fused-ring (bicyclic) bond motifs is 1. The number of anilines is 1. The van der Waals surface area contributed by atoms with Gasteiger partial charge in [-0.2, -0.15) is 5.26 Å². The lowest BCUT2D eigenvalue weighted by Crippen LogP contribution is -2.19. The summed E-state index contributed by atoms with van der Waals surface area (Å²) in [7, 11) is 0. The Bertz CT molecular complexity index is 881. The number of esters is 1. The molecule has 2 heterocycles. The number of carbonyl (C=O) groups is 2. The van der Waals surface area contributed by atoms with E-state index in [2.05, 4.69) is 5.32 Å². The highest BCUT2D eigenvalue weighted by molar-refractivity contribution is 7.14. The third kappa shape index (κ3) is 4.16. The summed E-state index contributed by atoms with van der Waals surface area (Å²) >= 11 is 1.22. The molecule has 25 heavy (non-hydrogen) atoms. The van der Waals surface area contributed by atoms with Crippen molar-refractivity contribution >= 4 is 34.3 Å². The molecule has 7 nitrogen and oxygen atoms in total. The zero-order valence-corrected chi connectivity index (χ0v) is 13.7. The standard InChI is InChI=1S/C17H12N2O5S/c18-8-12-5-6-25-17(12)19-15(20)9-22-16(21)4-2-11-1-3-13-14(7-11)24-10-23-13/h1-7H,9-10H2,(H,19,20)/b4-2+. The van der Waals surface area contributed by atoms with Gasteiger partial charge in [0, 0.05) is 6.08 Å². The van der Waals surface area contributed by atoms with Crippen LogP contribution in [0, 0.1) is 11.3 Å². The number of hydrogen-bond donors (Lipinski definition) is 1. The molecule has 1 aromatic heterocycles. The van der Waals surface area contributed by atoms with Crippen molar-refractivity contribution in [1.29, 1.82) is 5.26 Å². The largest absolute Gasteiger partial charge is 0.454 e. The molecule has 0 fully saturated rings. The van der Waals surface area contributed by atoms with Gasteiger partial charge in [-0.25, -0.2) is 4.79 Å². The van der Waals surface area contributed by atoms with Crippen molar-refractivity contribution in [1.82, 2.24) is 0 Å². The molecule has 0 radical (unpaired) electrons. The Morgan fingerprint density at radius 1 is 1.32 bits per heavy atom. The lowest BCUT2D eigenvalue weighted by atomic mass is 10.2. The molecule has 1 aliphatic heterocycles. The van der Waals surface area contributed by atoms with Crippen molar-refractivity contribution in [2.45, 2.75) is 0 Å². The number of nitrogens with zero attached hydrogens (tertiary/aromatic N) is 1. The maximum Gasteiger partial charge on any atom is 0.331 e. The van der Waals surface area contributed by atoms with E-state index in [0.717, 1.165) is 5.56 Å². The number of thiophene rings is 1. The predicted molar refractivity (Wildman–Crippen MR) is 90.2 cm³/mol. The average Bonchev–Trinajstić information content (AvgIpc) is 3.26. The topological polar surface area (TPSA) is 97.7 Å². The van der Waals surface area contributed by atoms with Crippen LogP contribution < -0.4 is 14.8 Å². The second kappa shape index (κ2) is 7.51. The average molecular weight is 356 g/mol. The molecule has 0 saturated carbocycles. The van der Waals surface area contributed by atoms with Gasteiger partial charge in [-0.3, -0.25) is 4.79 Å². The second-order valence-electron chi connectivity index (χ2n) is 4.88. The molecule has 3 rings (SSSR count). The van der Waals surface area contributed by atoms with Crippen molar-refractivity contribution in [2.24, 2.45) is 0 Å². The van der Waals surface area contributed by atoms with Gasteiger partial charge in [0.25, 0.3) is 5.91 Å². The summed E-state index contributed by atoms with van der Waals surface area (Å²) in [6.45, 7) is -0.259. The molecule has 0 spiro atoms. The molecule has 0 saturated heterocycles. The SMILES string of the molecule is N#Cc1ccsc1NC(=O)COC(=O)/C=C/c1ccc2c(c1)OCO2. The van der Waals surface area contributed by atoms with Crippen LogP contribution in [-0.2, 0) is 14.3 Å². The first-order valence-electron chi connectivity index (χ1n) is 7.17. The van der Waals surface area contributed by atoms with E-state index >= 15 is 0 Å². The Morgan fingerprint density at radius 3 is 3.00 bits per heavy atom. The highest BCUT2D eigenvalue weighted by Crippen LogP contribution is 2.32. The molecule has 2 aromatic rings. The Morgan fingerprint density at radius 2 is 2.16 bits per heavy atom. The summed E-state index contributed by atoms with van der Waals surface area (Å²) in [5.74, 6) is 0.101. The van der Waals surface area contributed by atoms with Crippen LogP contribution in [0.15, 0.2) is 35.7 Å². The van der Waals surface area contributed by atoms with Crippen molar-refractivity contribution in [3.05, 3.63) is 46.8 Å². The lowest BCUT2D eigenvalue weighted by Gasteiger charge is -2.03. The minimum atomic E-state index is -0.653. The van der Waals surface area contributed by atoms with E-state index in [1.165, 1.54) is 17.4 Å². The maximum atomic E-state index is 11.7. The molecule has 1 aromatic carbocycles. The summed E-state index contributed by atoms with van der Waals surface area (Å²) in [6.07, 6.45) is 2.77. The number of benzene rings is 1. The zero-order valence-electron chi connectivity index (χ0n) is 12.9. The molecule has 1 N–H and O–H groups in total. The van der Waals surface area contributed by atoms with E-state index in [0.29, 0.717) is 22.1 Å². The van der Waals surface area contributed by atoms with Crippen LogP contribution in [0.1, 0.15) is 11.1 Å². The smallest absolute Gasteiger partial charge is 0.331 e. The lowest BCUT2D eigenvalue weighted by molar-refractivity contribution is -0.142. The molecular weight excluding hydrogens is 344 g/mol. The summed E-state index contributed by atoms with van der Waals surface area (Å²) in [5, 5.41) is 13.5. The highest BCUT2D eigenvalue weighted by atomic mass is 32.1. The number of carbonyl (C=O) groups excluding carboxylic acids is 2. The predicted octanol–water partition coefficient (Wildman–Crippen LogP) is 2.54. The summed E-state index contributed by atoms with van der Waals surface area (Å²) in [4.78, 5) is 23.4. The van der Waals surface area contributed by atoms with Gasteiger partial charge in [0.05, 0.1) is 5.56 Å². The van der Waals surface area contributed by atoms with E-state index in [1.807, 2.05) is 6.07 Å². The van der Waals surface area contributed by atoms with E-state index in [4.69, 9.17) is 19.5 Å². The fourth-order valence-electron chi connectivity index (χ4n) is 2.02. The molecule has 126 valence electrons. The van der Waals surface area contributed by atoms with Crippen LogP contribution in [-0.4, -0.2) is 25.3 Å². The first-order chi connectivity index (χ1) is 12.2. The molecule has 8 heteroatoms. The summed E-state index contributed by atoms with van der Waals surface area (Å²) in [6, 6.07) is 8.81. The Labute approximate surface area is 147 Å². The van der Waals surface area contributed by atoms with Crippen LogP contribution in [0.2, 0.25) is 0 Å². The summed E-state index contributed by atoms with van der Waals surface area (Å²) in [5.41, 5.74) is 1.11. The van der Waals surface area contributed by atoms with Gasteiger partial charge in [0.2, 0.25) is 6.79 Å². The molecule has 0 atom stereocenters. The van der Waals surface area contributed by atoms with Gasteiger partial charge >= 0.3 is 5.97 Å². The number of nitrogens with one attached hydrogen (secondary N) is 1. The van der Waals surface area contributed by atoms with Gasteiger partial charge in [-0.05, 0) is 35.2 Å². The quantitative estimate of drug-likeness (QED) is 0.653. The maximum absolute atomic E-state index is 11.7. The molecule has 0 unspecified atom stereocenters. The van der Waals surface area contributed by atoms with Gasteiger partial charge in [-0.15, -0.1) is 11.3 Å². The fourth-order valence-corrected chi connectivity index (χ4v) is 2.78. The van der Waals surface area contributed by atoms with Crippen LogP contribution >= 0.6 is 11.3 Å². The number of rotatable bonds is 5. The molecular formula is C17H12N2O5S. The number of nitriles is 1.